The van der Waals surface area contributed by atoms with E-state index in [1.807, 2.05) is 12.1 Å². The normalized spacial score (nSPS) is 27.2. The number of benzene rings is 1. The van der Waals surface area contributed by atoms with Gasteiger partial charge in [0.1, 0.15) is 5.75 Å². The van der Waals surface area contributed by atoms with Crippen molar-refractivity contribution in [2.75, 3.05) is 7.11 Å². The van der Waals surface area contributed by atoms with Crippen LogP contribution in [0.15, 0.2) is 24.4 Å². The highest BCUT2D eigenvalue weighted by molar-refractivity contribution is 6.08. The van der Waals surface area contributed by atoms with Gasteiger partial charge in [-0.15, -0.1) is 12.4 Å². The van der Waals surface area contributed by atoms with E-state index in [1.165, 1.54) is 32.1 Å². The molecule has 4 unspecified atom stereocenters. The summed E-state index contributed by atoms with van der Waals surface area (Å²) < 4.78 is 8.01. The van der Waals surface area contributed by atoms with Crippen molar-refractivity contribution in [1.82, 2.24) is 14.8 Å². The van der Waals surface area contributed by atoms with Crippen molar-refractivity contribution in [3.05, 3.63) is 30.0 Å². The van der Waals surface area contributed by atoms with E-state index in [1.54, 1.807) is 7.11 Å². The minimum absolute atomic E-state index is 0. The number of amides is 1. The minimum Gasteiger partial charge on any atom is -0.495 e. The summed E-state index contributed by atoms with van der Waals surface area (Å²) in [6.07, 6.45) is 8.64. The number of carbonyl (C=O) groups excluding carboxylic acids is 1. The third kappa shape index (κ3) is 4.45. The quantitative estimate of drug-likeness (QED) is 0.696. The second-order valence-electron chi connectivity index (χ2n) is 9.49. The van der Waals surface area contributed by atoms with Gasteiger partial charge in [0.25, 0.3) is 5.91 Å². The third-order valence-electron chi connectivity index (χ3n) is 7.58. The molecule has 172 valence electrons. The van der Waals surface area contributed by atoms with Crippen LogP contribution in [-0.4, -0.2) is 46.7 Å². The highest BCUT2D eigenvalue weighted by atomic mass is 35.5. The maximum absolute atomic E-state index is 13.9. The van der Waals surface area contributed by atoms with E-state index in [2.05, 4.69) is 54.7 Å². The number of nitrogens with one attached hydrogen (secondary N) is 1. The van der Waals surface area contributed by atoms with Gasteiger partial charge in [-0.1, -0.05) is 31.4 Å². The van der Waals surface area contributed by atoms with Crippen LogP contribution in [0.1, 0.15) is 70.2 Å². The summed E-state index contributed by atoms with van der Waals surface area (Å²) in [7, 11) is 1.72. The minimum atomic E-state index is 0. The molecule has 31 heavy (non-hydrogen) atoms. The number of aromatic nitrogens is 1. The first-order valence-electron chi connectivity index (χ1n) is 11.7. The second-order valence-corrected chi connectivity index (χ2v) is 9.49. The molecule has 1 amide bonds. The van der Waals surface area contributed by atoms with Gasteiger partial charge in [0.15, 0.2) is 0 Å². The van der Waals surface area contributed by atoms with Crippen molar-refractivity contribution >= 4 is 29.2 Å². The van der Waals surface area contributed by atoms with Crippen molar-refractivity contribution in [2.45, 2.75) is 90.5 Å². The number of ether oxygens (including phenoxy) is 1. The number of para-hydroxylation sites is 1. The topological polar surface area (TPSA) is 46.5 Å². The number of rotatable bonds is 4. The lowest BCUT2D eigenvalue weighted by Gasteiger charge is -2.46. The average Bonchev–Trinajstić information content (AvgIpc) is 3.12. The number of methoxy groups -OCH3 is 1. The van der Waals surface area contributed by atoms with E-state index >= 15 is 0 Å². The molecular weight excluding hydrogens is 410 g/mol. The fourth-order valence-electron chi connectivity index (χ4n) is 5.51. The third-order valence-corrected chi connectivity index (χ3v) is 7.58. The van der Waals surface area contributed by atoms with Gasteiger partial charge >= 0.3 is 0 Å². The van der Waals surface area contributed by atoms with Crippen LogP contribution in [0.25, 0.3) is 10.9 Å². The van der Waals surface area contributed by atoms with E-state index in [0.717, 1.165) is 28.8 Å². The van der Waals surface area contributed by atoms with Crippen LogP contribution >= 0.6 is 12.4 Å². The van der Waals surface area contributed by atoms with E-state index in [4.69, 9.17) is 4.74 Å². The van der Waals surface area contributed by atoms with Crippen molar-refractivity contribution in [3.8, 4) is 5.75 Å². The molecule has 1 aliphatic heterocycles. The van der Waals surface area contributed by atoms with Gasteiger partial charge in [0, 0.05) is 42.3 Å². The lowest BCUT2D eigenvalue weighted by Crippen LogP contribution is -2.65. The summed E-state index contributed by atoms with van der Waals surface area (Å²) in [5.74, 6) is 1.67. The Morgan fingerprint density at radius 2 is 1.71 bits per heavy atom. The van der Waals surface area contributed by atoms with Crippen molar-refractivity contribution < 1.29 is 9.53 Å². The summed E-state index contributed by atoms with van der Waals surface area (Å²) in [5.41, 5.74) is 1.87. The molecule has 2 heterocycles. The molecule has 1 aliphatic carbocycles. The molecule has 2 fully saturated rings. The summed E-state index contributed by atoms with van der Waals surface area (Å²) in [6, 6.07) is 6.91. The molecule has 4 atom stereocenters. The summed E-state index contributed by atoms with van der Waals surface area (Å²) in [5, 5.41) is 4.62. The monoisotopic (exact) mass is 447 g/mol. The van der Waals surface area contributed by atoms with Crippen LogP contribution in [-0.2, 0) is 6.54 Å². The lowest BCUT2D eigenvalue weighted by molar-refractivity contribution is 0.0370. The van der Waals surface area contributed by atoms with E-state index in [9.17, 15) is 4.79 Å². The van der Waals surface area contributed by atoms with E-state index < -0.39 is 0 Å². The molecular formula is C25H38ClN3O2. The molecule has 6 heteroatoms. The average molecular weight is 448 g/mol. The van der Waals surface area contributed by atoms with E-state index in [0.29, 0.717) is 5.92 Å². The van der Waals surface area contributed by atoms with Crippen LogP contribution in [0.4, 0.5) is 0 Å². The predicted octanol–water partition coefficient (Wildman–Crippen LogP) is 5.25. The fourth-order valence-corrected chi connectivity index (χ4v) is 5.51. The number of hydrogen-bond acceptors (Lipinski definition) is 3. The molecule has 0 bridgehead atoms. The van der Waals surface area contributed by atoms with Crippen LogP contribution in [0, 0.1) is 5.92 Å². The maximum atomic E-state index is 13.9. The molecule has 1 saturated carbocycles. The van der Waals surface area contributed by atoms with Crippen LogP contribution in [0.5, 0.6) is 5.75 Å². The number of halogens is 1. The molecule has 1 aromatic heterocycles. The number of carbonyl (C=O) groups is 1. The van der Waals surface area contributed by atoms with Gasteiger partial charge in [0.2, 0.25) is 0 Å². The van der Waals surface area contributed by atoms with Gasteiger partial charge in [-0.3, -0.25) is 4.79 Å². The Bertz CT molecular complexity index is 892. The molecule has 1 aromatic carbocycles. The molecule has 1 N–H and O–H groups in total. The summed E-state index contributed by atoms with van der Waals surface area (Å²) in [4.78, 5) is 16.0. The summed E-state index contributed by atoms with van der Waals surface area (Å²) in [6.45, 7) is 9.61. The van der Waals surface area contributed by atoms with E-state index in [-0.39, 0.29) is 42.5 Å². The lowest BCUT2D eigenvalue weighted by atomic mass is 9.89. The van der Waals surface area contributed by atoms with Crippen LogP contribution < -0.4 is 10.1 Å². The van der Waals surface area contributed by atoms with Crippen LogP contribution in [0.2, 0.25) is 0 Å². The smallest absolute Gasteiger partial charge is 0.256 e. The Labute approximate surface area is 192 Å². The first-order valence-corrected chi connectivity index (χ1v) is 11.7. The van der Waals surface area contributed by atoms with Crippen molar-refractivity contribution in [2.24, 2.45) is 5.92 Å². The highest BCUT2D eigenvalue weighted by Gasteiger charge is 2.38. The van der Waals surface area contributed by atoms with Gasteiger partial charge in [-0.2, -0.15) is 0 Å². The fraction of sp³-hybridized carbons (Fsp3) is 0.640. The Morgan fingerprint density at radius 3 is 2.32 bits per heavy atom. The van der Waals surface area contributed by atoms with Gasteiger partial charge < -0.3 is 19.5 Å². The largest absolute Gasteiger partial charge is 0.495 e. The van der Waals surface area contributed by atoms with Gasteiger partial charge in [0.05, 0.1) is 18.2 Å². The molecule has 1 saturated heterocycles. The predicted molar refractivity (Wildman–Crippen MR) is 129 cm³/mol. The molecule has 0 radical (unpaired) electrons. The zero-order chi connectivity index (χ0) is 21.4. The Hall–Kier alpha value is -1.72. The Morgan fingerprint density at radius 1 is 1.06 bits per heavy atom. The molecule has 2 aliphatic rings. The standard InChI is InChI=1S/C25H37N3O2.ClH/c1-16-18(3)28(19(4)17(2)26-16)25(29)22-15-27(14-20-10-7-6-8-11-20)24-21(22)12-9-13-23(24)30-5;/h9,12-13,15-20,26H,6-8,10-11,14H2,1-5H3;1H. The first-order chi connectivity index (χ1) is 14.4. The number of hydrogen-bond donors (Lipinski definition) is 1. The number of nitrogens with zero attached hydrogens (tertiary/aromatic N) is 2. The van der Waals surface area contributed by atoms with Crippen molar-refractivity contribution in [1.29, 1.82) is 0 Å². The molecule has 5 nitrogen and oxygen atoms in total. The molecule has 2 aromatic rings. The molecule has 4 rings (SSSR count). The highest BCUT2D eigenvalue weighted by Crippen LogP contribution is 2.34. The van der Waals surface area contributed by atoms with Gasteiger partial charge in [-0.25, -0.2) is 0 Å². The summed E-state index contributed by atoms with van der Waals surface area (Å²) >= 11 is 0. The van der Waals surface area contributed by atoms with Crippen LogP contribution in [0.3, 0.4) is 0 Å². The zero-order valence-corrected chi connectivity index (χ0v) is 20.4. The van der Waals surface area contributed by atoms with Gasteiger partial charge in [-0.05, 0) is 52.5 Å². The number of fused-ring (bicyclic) bond motifs is 1. The Kier molecular flexibility index (Phi) is 7.59. The first kappa shape index (κ1) is 23.9. The second kappa shape index (κ2) is 9.83. The SMILES string of the molecule is COc1cccc2c(C(=O)N3C(C)C(C)NC(C)C3C)cn(CC3CCCCC3)c12.Cl. The Balaban J connectivity index is 0.00000272. The zero-order valence-electron chi connectivity index (χ0n) is 19.6. The maximum Gasteiger partial charge on any atom is 0.256 e. The number of piperazine rings is 1. The molecule has 0 spiro atoms. The van der Waals surface area contributed by atoms with Crippen molar-refractivity contribution in [3.63, 3.8) is 0 Å².